The Kier molecular flexibility index (Phi) is 3.43. The molecule has 0 aromatic heterocycles. The number of hydrogen-bond donors (Lipinski definition) is 1. The van der Waals surface area contributed by atoms with Crippen molar-refractivity contribution in [1.82, 2.24) is 0 Å². The highest BCUT2D eigenvalue weighted by atomic mass is 16.3. The predicted octanol–water partition coefficient (Wildman–Crippen LogP) is 4.44. The summed E-state index contributed by atoms with van der Waals surface area (Å²) in [5.74, 6) is 2.39. The maximum absolute atomic E-state index is 11.9. The van der Waals surface area contributed by atoms with Gasteiger partial charge in [-0.25, -0.2) is 0 Å². The van der Waals surface area contributed by atoms with Crippen molar-refractivity contribution in [3.8, 4) is 0 Å². The number of fused-ring (bicyclic) bond motifs is 5. The second kappa shape index (κ2) is 5.05. The molecule has 4 aliphatic carbocycles. The minimum absolute atomic E-state index is 0.206. The maximum atomic E-state index is 11.9. The van der Waals surface area contributed by atoms with Crippen LogP contribution in [-0.4, -0.2) is 17.0 Å². The smallest absolute Gasteiger partial charge is 0.155 e. The Bertz CT molecular complexity index is 601. The molecule has 3 fully saturated rings. The van der Waals surface area contributed by atoms with Crippen LogP contribution in [0, 0.1) is 28.6 Å². The molecule has 3 saturated carbocycles. The van der Waals surface area contributed by atoms with Crippen molar-refractivity contribution in [2.45, 2.75) is 71.8 Å². The van der Waals surface area contributed by atoms with E-state index in [4.69, 9.17) is 0 Å². The molecule has 2 nitrogen and oxygen atoms in total. The zero-order valence-electron chi connectivity index (χ0n) is 14.8. The summed E-state index contributed by atoms with van der Waals surface area (Å²) >= 11 is 0. The summed E-state index contributed by atoms with van der Waals surface area (Å²) in [5.41, 5.74) is 3.17. The number of aliphatic hydroxyl groups excluding tert-OH is 1. The highest BCUT2D eigenvalue weighted by Crippen LogP contribution is 2.66. The van der Waals surface area contributed by atoms with Gasteiger partial charge in [0.05, 0.1) is 6.10 Å². The third-order valence-corrected chi connectivity index (χ3v) is 8.16. The van der Waals surface area contributed by atoms with E-state index in [1.54, 1.807) is 0 Å². The molecule has 6 atom stereocenters. The summed E-state index contributed by atoms with van der Waals surface area (Å²) in [6, 6.07) is 0. The van der Waals surface area contributed by atoms with Crippen LogP contribution in [0.1, 0.15) is 65.7 Å². The molecular formula is C21H30O2. The number of ketones is 1. The Balaban J connectivity index is 1.71. The number of carbonyl (C=O) groups excluding carboxylic acids is 1. The van der Waals surface area contributed by atoms with E-state index in [2.05, 4.69) is 26.8 Å². The van der Waals surface area contributed by atoms with E-state index < -0.39 is 0 Å². The second-order valence-electron chi connectivity index (χ2n) is 8.92. The number of hydrogen-bond acceptors (Lipinski definition) is 2. The Morgan fingerprint density at radius 3 is 2.65 bits per heavy atom. The summed E-state index contributed by atoms with van der Waals surface area (Å²) in [7, 11) is 0. The van der Waals surface area contributed by atoms with E-state index in [0.29, 0.717) is 17.6 Å². The van der Waals surface area contributed by atoms with Crippen LogP contribution < -0.4 is 0 Å². The van der Waals surface area contributed by atoms with E-state index in [0.717, 1.165) is 31.6 Å². The minimum Gasteiger partial charge on any atom is -0.389 e. The molecule has 0 aromatic rings. The molecule has 0 aliphatic heterocycles. The highest BCUT2D eigenvalue weighted by molar-refractivity contribution is 5.91. The zero-order chi connectivity index (χ0) is 16.4. The lowest BCUT2D eigenvalue weighted by molar-refractivity contribution is -0.117. The van der Waals surface area contributed by atoms with Crippen molar-refractivity contribution in [3.63, 3.8) is 0 Å². The van der Waals surface area contributed by atoms with Crippen molar-refractivity contribution in [2.75, 3.05) is 0 Å². The van der Waals surface area contributed by atoms with Gasteiger partial charge in [0.2, 0.25) is 0 Å². The number of allylic oxidation sites excluding steroid dienone is 2. The van der Waals surface area contributed by atoms with Gasteiger partial charge in [0, 0.05) is 6.42 Å². The van der Waals surface area contributed by atoms with Crippen LogP contribution in [0.4, 0.5) is 0 Å². The number of carbonyl (C=O) groups is 1. The standard InChI is InChI=1S/C21H30O2/c1-4-16-19(23)12-18-15-6-5-13-11-14(22)7-9-20(13,2)17(15)8-10-21(16,18)3/h4,11,15,17-19,23H,5-10,12H2,1-3H3/b16-4+/t15-,17+,18+,19+,20+,21-/m0/s1. The van der Waals surface area contributed by atoms with E-state index in [1.807, 2.05) is 6.08 Å². The Morgan fingerprint density at radius 1 is 1.13 bits per heavy atom. The first-order valence-electron chi connectivity index (χ1n) is 9.49. The maximum Gasteiger partial charge on any atom is 0.155 e. The summed E-state index contributed by atoms with van der Waals surface area (Å²) in [4.78, 5) is 11.9. The van der Waals surface area contributed by atoms with Crippen LogP contribution in [-0.2, 0) is 4.79 Å². The zero-order valence-corrected chi connectivity index (χ0v) is 14.8. The summed E-state index contributed by atoms with van der Waals surface area (Å²) in [6.45, 7) is 6.91. The van der Waals surface area contributed by atoms with Gasteiger partial charge >= 0.3 is 0 Å². The molecule has 0 bridgehead atoms. The van der Waals surface area contributed by atoms with Gasteiger partial charge < -0.3 is 5.11 Å². The molecule has 23 heavy (non-hydrogen) atoms. The molecule has 0 amide bonds. The van der Waals surface area contributed by atoms with Crippen molar-refractivity contribution in [3.05, 3.63) is 23.3 Å². The SMILES string of the molecule is C/C=C1\[C@H](O)C[C@@H]2[C@H]3CCC4=CC(=O)CC[C@@]4(C)[C@@H]3CC[C@@]12C. The lowest BCUT2D eigenvalue weighted by atomic mass is 9.47. The van der Waals surface area contributed by atoms with Gasteiger partial charge in [0.15, 0.2) is 5.78 Å². The van der Waals surface area contributed by atoms with Gasteiger partial charge in [0.1, 0.15) is 0 Å². The van der Waals surface area contributed by atoms with Crippen molar-refractivity contribution >= 4 is 5.78 Å². The molecule has 0 aromatic carbocycles. The lowest BCUT2D eigenvalue weighted by Gasteiger charge is -2.57. The molecular weight excluding hydrogens is 284 g/mol. The average Bonchev–Trinajstić information content (AvgIpc) is 2.77. The van der Waals surface area contributed by atoms with E-state index >= 15 is 0 Å². The van der Waals surface area contributed by atoms with Gasteiger partial charge in [0.25, 0.3) is 0 Å². The van der Waals surface area contributed by atoms with Crippen LogP contribution in [0.3, 0.4) is 0 Å². The quantitative estimate of drug-likeness (QED) is 0.671. The lowest BCUT2D eigenvalue weighted by Crippen LogP contribution is -2.49. The van der Waals surface area contributed by atoms with Gasteiger partial charge in [-0.15, -0.1) is 0 Å². The Morgan fingerprint density at radius 2 is 1.91 bits per heavy atom. The first kappa shape index (κ1) is 15.6. The Labute approximate surface area is 140 Å². The first-order chi connectivity index (χ1) is 10.9. The molecule has 4 rings (SSSR count). The summed E-state index contributed by atoms with van der Waals surface area (Å²) in [6.07, 6.45) is 11.4. The largest absolute Gasteiger partial charge is 0.389 e. The molecule has 0 radical (unpaired) electrons. The summed E-state index contributed by atoms with van der Waals surface area (Å²) < 4.78 is 0. The van der Waals surface area contributed by atoms with Crippen LogP contribution in [0.2, 0.25) is 0 Å². The minimum atomic E-state index is -0.230. The molecule has 0 unspecified atom stereocenters. The van der Waals surface area contributed by atoms with Crippen LogP contribution >= 0.6 is 0 Å². The third-order valence-electron chi connectivity index (χ3n) is 8.16. The molecule has 0 saturated heterocycles. The molecule has 2 heteroatoms. The first-order valence-corrected chi connectivity index (χ1v) is 9.49. The van der Waals surface area contributed by atoms with E-state index in [-0.39, 0.29) is 16.9 Å². The van der Waals surface area contributed by atoms with Crippen molar-refractivity contribution in [1.29, 1.82) is 0 Å². The predicted molar refractivity (Wildman–Crippen MR) is 91.9 cm³/mol. The van der Waals surface area contributed by atoms with Gasteiger partial charge in [-0.05, 0) is 85.7 Å². The van der Waals surface area contributed by atoms with Gasteiger partial charge in [-0.3, -0.25) is 4.79 Å². The molecule has 1 N–H and O–H groups in total. The molecule has 0 heterocycles. The molecule has 4 aliphatic rings. The van der Waals surface area contributed by atoms with Gasteiger partial charge in [-0.1, -0.05) is 25.5 Å². The molecule has 126 valence electrons. The fraction of sp³-hybridized carbons (Fsp3) is 0.762. The van der Waals surface area contributed by atoms with Gasteiger partial charge in [-0.2, -0.15) is 0 Å². The van der Waals surface area contributed by atoms with Crippen LogP contribution in [0.5, 0.6) is 0 Å². The fourth-order valence-corrected chi connectivity index (χ4v) is 6.94. The number of aliphatic hydroxyl groups is 1. The molecule has 0 spiro atoms. The van der Waals surface area contributed by atoms with E-state index in [1.165, 1.54) is 30.4 Å². The van der Waals surface area contributed by atoms with Crippen LogP contribution in [0.15, 0.2) is 23.3 Å². The highest BCUT2D eigenvalue weighted by Gasteiger charge is 2.59. The Hall–Kier alpha value is -0.890. The van der Waals surface area contributed by atoms with Crippen LogP contribution in [0.25, 0.3) is 0 Å². The number of rotatable bonds is 0. The van der Waals surface area contributed by atoms with Crippen molar-refractivity contribution in [2.24, 2.45) is 28.6 Å². The monoisotopic (exact) mass is 314 g/mol. The van der Waals surface area contributed by atoms with Crippen molar-refractivity contribution < 1.29 is 9.90 Å². The summed E-state index contributed by atoms with van der Waals surface area (Å²) in [5, 5.41) is 10.6. The third kappa shape index (κ3) is 2.00. The second-order valence-corrected chi connectivity index (χ2v) is 8.92. The normalized spacial score (nSPS) is 51.0. The fourth-order valence-electron chi connectivity index (χ4n) is 6.94. The average molecular weight is 314 g/mol. The van der Waals surface area contributed by atoms with E-state index in [9.17, 15) is 9.90 Å². The topological polar surface area (TPSA) is 37.3 Å².